The van der Waals surface area contributed by atoms with Gasteiger partial charge < -0.3 is 10.2 Å². The summed E-state index contributed by atoms with van der Waals surface area (Å²) in [6.45, 7) is 7.20. The first-order valence-electron chi connectivity index (χ1n) is 5.74. The van der Waals surface area contributed by atoms with Crippen LogP contribution in [0.25, 0.3) is 0 Å². The van der Waals surface area contributed by atoms with Gasteiger partial charge in [-0.05, 0) is 31.5 Å². The summed E-state index contributed by atoms with van der Waals surface area (Å²) in [6.07, 6.45) is 0. The lowest BCUT2D eigenvalue weighted by molar-refractivity contribution is 0.417. The van der Waals surface area contributed by atoms with E-state index in [-0.39, 0.29) is 0 Å². The molecule has 3 heteroatoms. The highest BCUT2D eigenvalue weighted by molar-refractivity contribution is 5.61. The van der Waals surface area contributed by atoms with Gasteiger partial charge in [0.25, 0.3) is 0 Å². The number of rotatable bonds is 3. The number of nitrogens with zero attached hydrogens (tertiary/aromatic N) is 2. The van der Waals surface area contributed by atoms with Gasteiger partial charge in [0.05, 0.1) is 17.3 Å². The Labute approximate surface area is 96.7 Å². The fourth-order valence-corrected chi connectivity index (χ4v) is 2.09. The van der Waals surface area contributed by atoms with Crippen molar-refractivity contribution in [2.75, 3.05) is 24.5 Å². The van der Waals surface area contributed by atoms with Gasteiger partial charge in [-0.1, -0.05) is 6.07 Å². The van der Waals surface area contributed by atoms with Gasteiger partial charge in [0.1, 0.15) is 6.07 Å². The van der Waals surface area contributed by atoms with Crippen LogP contribution in [0, 0.1) is 18.3 Å². The molecule has 0 atom stereocenters. The molecule has 1 saturated heterocycles. The summed E-state index contributed by atoms with van der Waals surface area (Å²) in [5, 5.41) is 12.4. The Balaban J connectivity index is 2.35. The standard InChI is InChI=1S/C13H17N3/c1-3-16(12-8-15-9-12)13-6-10(2)4-5-11(13)7-14/h4-6,12,15H,3,8-9H2,1-2H3. The lowest BCUT2D eigenvalue weighted by atomic mass is 10.0. The van der Waals surface area contributed by atoms with Crippen molar-refractivity contribution in [2.24, 2.45) is 0 Å². The summed E-state index contributed by atoms with van der Waals surface area (Å²) in [7, 11) is 0. The van der Waals surface area contributed by atoms with Crippen LogP contribution in [-0.2, 0) is 0 Å². The molecule has 1 aromatic rings. The number of anilines is 1. The van der Waals surface area contributed by atoms with Crippen LogP contribution < -0.4 is 10.2 Å². The number of likely N-dealkylation sites (N-methyl/N-ethyl adjacent to an activating group) is 1. The van der Waals surface area contributed by atoms with E-state index < -0.39 is 0 Å². The smallest absolute Gasteiger partial charge is 0.101 e. The van der Waals surface area contributed by atoms with Crippen LogP contribution in [0.2, 0.25) is 0 Å². The zero-order chi connectivity index (χ0) is 11.5. The predicted octanol–water partition coefficient (Wildman–Crippen LogP) is 1.66. The van der Waals surface area contributed by atoms with Crippen molar-refractivity contribution in [1.82, 2.24) is 5.32 Å². The maximum absolute atomic E-state index is 9.13. The average molecular weight is 215 g/mol. The van der Waals surface area contributed by atoms with Crippen LogP contribution in [0.1, 0.15) is 18.1 Å². The van der Waals surface area contributed by atoms with E-state index in [0.717, 1.165) is 30.9 Å². The van der Waals surface area contributed by atoms with Gasteiger partial charge in [0.2, 0.25) is 0 Å². The van der Waals surface area contributed by atoms with Crippen molar-refractivity contribution in [3.05, 3.63) is 29.3 Å². The first-order valence-corrected chi connectivity index (χ1v) is 5.74. The van der Waals surface area contributed by atoms with E-state index in [4.69, 9.17) is 5.26 Å². The molecule has 0 aromatic heterocycles. The molecule has 0 saturated carbocycles. The molecule has 0 unspecified atom stereocenters. The number of benzene rings is 1. The molecule has 1 aliphatic rings. The molecular weight excluding hydrogens is 198 g/mol. The van der Waals surface area contributed by atoms with E-state index in [1.807, 2.05) is 12.1 Å². The minimum absolute atomic E-state index is 0.541. The van der Waals surface area contributed by atoms with Crippen molar-refractivity contribution >= 4 is 5.69 Å². The van der Waals surface area contributed by atoms with Crippen LogP contribution in [-0.4, -0.2) is 25.7 Å². The second-order valence-electron chi connectivity index (χ2n) is 4.23. The Morgan fingerprint density at radius 3 is 2.75 bits per heavy atom. The largest absolute Gasteiger partial charge is 0.365 e. The predicted molar refractivity (Wildman–Crippen MR) is 65.6 cm³/mol. The van der Waals surface area contributed by atoms with Gasteiger partial charge in [-0.2, -0.15) is 5.26 Å². The number of nitrogens with one attached hydrogen (secondary N) is 1. The highest BCUT2D eigenvalue weighted by atomic mass is 15.2. The van der Waals surface area contributed by atoms with Crippen LogP contribution in [0.4, 0.5) is 5.69 Å². The monoisotopic (exact) mass is 215 g/mol. The summed E-state index contributed by atoms with van der Waals surface area (Å²) in [4.78, 5) is 2.32. The third-order valence-electron chi connectivity index (χ3n) is 3.12. The van der Waals surface area contributed by atoms with E-state index in [1.54, 1.807) is 0 Å². The third-order valence-corrected chi connectivity index (χ3v) is 3.12. The van der Waals surface area contributed by atoms with Gasteiger partial charge in [0.15, 0.2) is 0 Å². The Hall–Kier alpha value is -1.53. The zero-order valence-electron chi connectivity index (χ0n) is 9.83. The molecule has 1 heterocycles. The average Bonchev–Trinajstić information content (AvgIpc) is 2.23. The van der Waals surface area contributed by atoms with Gasteiger partial charge in [-0.25, -0.2) is 0 Å². The summed E-state index contributed by atoms with van der Waals surface area (Å²) in [5.41, 5.74) is 3.07. The first-order chi connectivity index (χ1) is 7.76. The number of hydrogen-bond acceptors (Lipinski definition) is 3. The minimum atomic E-state index is 0.541. The molecule has 1 aliphatic heterocycles. The summed E-state index contributed by atoms with van der Waals surface area (Å²) >= 11 is 0. The van der Waals surface area contributed by atoms with E-state index in [2.05, 4.69) is 36.2 Å². The van der Waals surface area contributed by atoms with E-state index in [1.165, 1.54) is 5.56 Å². The zero-order valence-corrected chi connectivity index (χ0v) is 9.83. The molecule has 1 aromatic carbocycles. The second-order valence-corrected chi connectivity index (χ2v) is 4.23. The molecule has 1 fully saturated rings. The molecule has 1 N–H and O–H groups in total. The number of hydrogen-bond donors (Lipinski definition) is 1. The molecule has 0 amide bonds. The summed E-state index contributed by atoms with van der Waals surface area (Å²) < 4.78 is 0. The normalized spacial score (nSPS) is 15.3. The van der Waals surface area contributed by atoms with Crippen molar-refractivity contribution in [3.63, 3.8) is 0 Å². The Morgan fingerprint density at radius 2 is 2.25 bits per heavy atom. The molecule has 0 spiro atoms. The SMILES string of the molecule is CCN(c1cc(C)ccc1C#N)C1CNC1. The maximum atomic E-state index is 9.13. The quantitative estimate of drug-likeness (QED) is 0.833. The molecule has 0 bridgehead atoms. The van der Waals surface area contributed by atoms with Crippen LogP contribution in [0.5, 0.6) is 0 Å². The molecule has 0 aliphatic carbocycles. The van der Waals surface area contributed by atoms with Gasteiger partial charge >= 0.3 is 0 Å². The molecular formula is C13H17N3. The molecule has 3 nitrogen and oxygen atoms in total. The highest BCUT2D eigenvalue weighted by Crippen LogP contribution is 2.24. The Morgan fingerprint density at radius 1 is 1.50 bits per heavy atom. The molecule has 16 heavy (non-hydrogen) atoms. The molecule has 0 radical (unpaired) electrons. The highest BCUT2D eigenvalue weighted by Gasteiger charge is 2.25. The van der Waals surface area contributed by atoms with Crippen LogP contribution in [0.3, 0.4) is 0 Å². The Kier molecular flexibility index (Phi) is 3.12. The van der Waals surface area contributed by atoms with Crippen LogP contribution in [0.15, 0.2) is 18.2 Å². The van der Waals surface area contributed by atoms with Crippen molar-refractivity contribution in [2.45, 2.75) is 19.9 Å². The van der Waals surface area contributed by atoms with E-state index >= 15 is 0 Å². The lowest BCUT2D eigenvalue weighted by Crippen LogP contribution is -2.57. The van der Waals surface area contributed by atoms with Gasteiger partial charge in [-0.3, -0.25) is 0 Å². The van der Waals surface area contributed by atoms with Crippen molar-refractivity contribution < 1.29 is 0 Å². The lowest BCUT2D eigenvalue weighted by Gasteiger charge is -2.39. The fourth-order valence-electron chi connectivity index (χ4n) is 2.09. The van der Waals surface area contributed by atoms with E-state index in [9.17, 15) is 0 Å². The maximum Gasteiger partial charge on any atom is 0.101 e. The fraction of sp³-hybridized carbons (Fsp3) is 0.462. The first kappa shape index (κ1) is 11.0. The second kappa shape index (κ2) is 4.54. The molecule has 2 rings (SSSR count). The third kappa shape index (κ3) is 1.89. The summed E-state index contributed by atoms with van der Waals surface area (Å²) in [5.74, 6) is 0. The summed E-state index contributed by atoms with van der Waals surface area (Å²) in [6, 6.07) is 8.84. The van der Waals surface area contributed by atoms with Crippen molar-refractivity contribution in [1.29, 1.82) is 5.26 Å². The topological polar surface area (TPSA) is 39.1 Å². The Bertz CT molecular complexity index is 416. The van der Waals surface area contributed by atoms with E-state index in [0.29, 0.717) is 6.04 Å². The van der Waals surface area contributed by atoms with Gasteiger partial charge in [-0.15, -0.1) is 0 Å². The van der Waals surface area contributed by atoms with Gasteiger partial charge in [0, 0.05) is 19.6 Å². The molecule has 84 valence electrons. The van der Waals surface area contributed by atoms with Crippen LogP contribution >= 0.6 is 0 Å². The number of aryl methyl sites for hydroxylation is 1. The van der Waals surface area contributed by atoms with Crippen molar-refractivity contribution in [3.8, 4) is 6.07 Å². The minimum Gasteiger partial charge on any atom is -0.365 e. The number of nitriles is 1.